The highest BCUT2D eigenvalue weighted by molar-refractivity contribution is 6.03. The number of nitrogens with one attached hydrogen (secondary N) is 1. The van der Waals surface area contributed by atoms with Crippen LogP contribution in [0.4, 0.5) is 11.4 Å². The van der Waals surface area contributed by atoms with Crippen LogP contribution >= 0.6 is 0 Å². The molecule has 0 unspecified atom stereocenters. The minimum atomic E-state index is -0.495. The van der Waals surface area contributed by atoms with Gasteiger partial charge in [-0.1, -0.05) is 6.07 Å². The zero-order valence-electron chi connectivity index (χ0n) is 10.3. The van der Waals surface area contributed by atoms with Gasteiger partial charge in [-0.25, -0.2) is 4.98 Å². The van der Waals surface area contributed by atoms with Crippen LogP contribution in [0, 0.1) is 24.0 Å². The summed E-state index contributed by atoms with van der Waals surface area (Å²) in [5.74, 6) is -0.0960. The first-order chi connectivity index (χ1) is 8.99. The maximum absolute atomic E-state index is 11.9. The maximum atomic E-state index is 11.9. The zero-order chi connectivity index (χ0) is 14.0. The molecule has 98 valence electrons. The molecule has 1 N–H and O–H groups in total. The molecule has 0 aliphatic carbocycles. The lowest BCUT2D eigenvalue weighted by atomic mass is 10.1. The number of aryl methyl sites for hydroxylation is 1. The number of nitro benzene ring substituents is 1. The number of carbonyl (C=O) groups excluding carboxylic acids is 1. The van der Waals surface area contributed by atoms with Gasteiger partial charge in [-0.05, 0) is 13.0 Å². The highest BCUT2D eigenvalue weighted by Gasteiger charge is 2.16. The monoisotopic (exact) mass is 261 g/mol. The van der Waals surface area contributed by atoms with Crippen molar-refractivity contribution in [1.82, 2.24) is 4.98 Å². The van der Waals surface area contributed by atoms with Crippen LogP contribution in [0.1, 0.15) is 21.9 Å². The highest BCUT2D eigenvalue weighted by atomic mass is 16.6. The Balaban J connectivity index is 2.27. The molecule has 0 fully saturated rings. The number of anilines is 1. The van der Waals surface area contributed by atoms with Crippen molar-refractivity contribution in [1.29, 1.82) is 0 Å². The summed E-state index contributed by atoms with van der Waals surface area (Å²) < 4.78 is 4.94. The van der Waals surface area contributed by atoms with E-state index in [1.165, 1.54) is 18.4 Å². The molecule has 0 saturated carbocycles. The van der Waals surface area contributed by atoms with Gasteiger partial charge in [-0.3, -0.25) is 14.9 Å². The first-order valence-electron chi connectivity index (χ1n) is 5.46. The molecule has 7 nitrogen and oxygen atoms in total. The van der Waals surface area contributed by atoms with Crippen LogP contribution in [-0.2, 0) is 0 Å². The quantitative estimate of drug-likeness (QED) is 0.675. The number of aromatic nitrogens is 1. The van der Waals surface area contributed by atoms with Gasteiger partial charge < -0.3 is 9.73 Å². The third-order valence-corrected chi connectivity index (χ3v) is 2.60. The Morgan fingerprint density at radius 2 is 2.16 bits per heavy atom. The molecule has 2 rings (SSSR count). The fourth-order valence-electron chi connectivity index (χ4n) is 1.61. The molecule has 0 aliphatic rings. The minimum Gasteiger partial charge on any atom is -0.448 e. The highest BCUT2D eigenvalue weighted by Crippen LogP contribution is 2.25. The molecule has 2 aromatic rings. The lowest BCUT2D eigenvalue weighted by Gasteiger charge is -2.06. The molecule has 1 heterocycles. The standard InChI is InChI=1S/C12H11N3O4/c1-7-9(4-3-5-11(7)15(17)18)14-12(16)10-6-19-8(2)13-10/h3-6H,1-2H3,(H,14,16). The van der Waals surface area contributed by atoms with E-state index in [0.717, 1.165) is 0 Å². The summed E-state index contributed by atoms with van der Waals surface area (Å²) in [5, 5.41) is 13.4. The predicted molar refractivity (Wildman–Crippen MR) is 67.0 cm³/mol. The van der Waals surface area contributed by atoms with Crippen LogP contribution in [0.5, 0.6) is 0 Å². The number of benzene rings is 1. The Morgan fingerprint density at radius 1 is 1.42 bits per heavy atom. The Bertz CT molecular complexity index is 648. The molecule has 0 spiro atoms. The summed E-state index contributed by atoms with van der Waals surface area (Å²) in [5.41, 5.74) is 0.846. The van der Waals surface area contributed by atoms with Crippen LogP contribution in [0.3, 0.4) is 0 Å². The van der Waals surface area contributed by atoms with Gasteiger partial charge in [0.2, 0.25) is 0 Å². The van der Waals surface area contributed by atoms with E-state index in [0.29, 0.717) is 17.1 Å². The number of oxazole rings is 1. The number of nitrogens with zero attached hydrogens (tertiary/aromatic N) is 2. The maximum Gasteiger partial charge on any atom is 0.277 e. The first-order valence-corrected chi connectivity index (χ1v) is 5.46. The van der Waals surface area contributed by atoms with E-state index >= 15 is 0 Å². The topological polar surface area (TPSA) is 98.3 Å². The SMILES string of the molecule is Cc1nc(C(=O)Nc2cccc([N+](=O)[O-])c2C)co1. The molecule has 0 saturated heterocycles. The Kier molecular flexibility index (Phi) is 3.28. The molecular weight excluding hydrogens is 250 g/mol. The van der Waals surface area contributed by atoms with Gasteiger partial charge in [0.05, 0.1) is 16.2 Å². The van der Waals surface area contributed by atoms with E-state index in [1.54, 1.807) is 19.9 Å². The number of hydrogen-bond donors (Lipinski definition) is 1. The van der Waals surface area contributed by atoms with E-state index < -0.39 is 10.8 Å². The summed E-state index contributed by atoms with van der Waals surface area (Å²) in [4.78, 5) is 26.0. The van der Waals surface area contributed by atoms with E-state index in [9.17, 15) is 14.9 Å². The number of carbonyl (C=O) groups is 1. The Morgan fingerprint density at radius 3 is 2.74 bits per heavy atom. The molecule has 0 radical (unpaired) electrons. The number of amides is 1. The predicted octanol–water partition coefficient (Wildman–Crippen LogP) is 2.45. The van der Waals surface area contributed by atoms with Gasteiger partial charge >= 0.3 is 0 Å². The van der Waals surface area contributed by atoms with Crippen LogP contribution in [0.15, 0.2) is 28.9 Å². The Hall–Kier alpha value is -2.70. The molecule has 7 heteroatoms. The van der Waals surface area contributed by atoms with Crippen LogP contribution < -0.4 is 5.32 Å². The zero-order valence-corrected chi connectivity index (χ0v) is 10.3. The summed E-state index contributed by atoms with van der Waals surface area (Å²) in [7, 11) is 0. The van der Waals surface area contributed by atoms with E-state index in [2.05, 4.69) is 10.3 Å². The molecular formula is C12H11N3O4. The van der Waals surface area contributed by atoms with Crippen molar-refractivity contribution in [2.24, 2.45) is 0 Å². The third kappa shape index (κ3) is 2.59. The van der Waals surface area contributed by atoms with E-state index in [4.69, 9.17) is 4.42 Å². The second kappa shape index (κ2) is 4.89. The number of nitro groups is 1. The summed E-state index contributed by atoms with van der Waals surface area (Å²) in [6, 6.07) is 4.48. The minimum absolute atomic E-state index is 0.0471. The van der Waals surface area contributed by atoms with Gasteiger partial charge in [0.25, 0.3) is 11.6 Å². The largest absolute Gasteiger partial charge is 0.448 e. The molecule has 1 aromatic heterocycles. The number of hydrogen-bond acceptors (Lipinski definition) is 5. The van der Waals surface area contributed by atoms with Gasteiger partial charge in [0, 0.05) is 13.0 Å². The van der Waals surface area contributed by atoms with Gasteiger partial charge in [0.15, 0.2) is 11.6 Å². The molecule has 0 bridgehead atoms. The van der Waals surface area contributed by atoms with Crippen molar-refractivity contribution < 1.29 is 14.1 Å². The normalized spacial score (nSPS) is 10.2. The molecule has 0 atom stereocenters. The second-order valence-corrected chi connectivity index (χ2v) is 3.91. The lowest BCUT2D eigenvalue weighted by molar-refractivity contribution is -0.385. The summed E-state index contributed by atoms with van der Waals surface area (Å²) >= 11 is 0. The van der Waals surface area contributed by atoms with Crippen LogP contribution in [-0.4, -0.2) is 15.8 Å². The average molecular weight is 261 g/mol. The molecule has 19 heavy (non-hydrogen) atoms. The summed E-state index contributed by atoms with van der Waals surface area (Å²) in [6.45, 7) is 3.19. The van der Waals surface area contributed by atoms with Crippen LogP contribution in [0.2, 0.25) is 0 Å². The number of rotatable bonds is 3. The lowest BCUT2D eigenvalue weighted by Crippen LogP contribution is -2.13. The average Bonchev–Trinajstić information content (AvgIpc) is 2.78. The van der Waals surface area contributed by atoms with Crippen molar-refractivity contribution in [3.05, 3.63) is 51.7 Å². The second-order valence-electron chi connectivity index (χ2n) is 3.91. The van der Waals surface area contributed by atoms with Gasteiger partial charge in [-0.2, -0.15) is 0 Å². The summed E-state index contributed by atoms with van der Waals surface area (Å²) in [6.07, 6.45) is 1.23. The fraction of sp³-hybridized carbons (Fsp3) is 0.167. The smallest absolute Gasteiger partial charge is 0.277 e. The van der Waals surface area contributed by atoms with Crippen molar-refractivity contribution in [2.45, 2.75) is 13.8 Å². The van der Waals surface area contributed by atoms with Gasteiger partial charge in [0.1, 0.15) is 6.26 Å². The van der Waals surface area contributed by atoms with Gasteiger partial charge in [-0.15, -0.1) is 0 Å². The van der Waals surface area contributed by atoms with Crippen LogP contribution in [0.25, 0.3) is 0 Å². The van der Waals surface area contributed by atoms with Crippen molar-refractivity contribution in [3.8, 4) is 0 Å². The van der Waals surface area contributed by atoms with Crippen molar-refractivity contribution in [2.75, 3.05) is 5.32 Å². The van der Waals surface area contributed by atoms with E-state index in [1.807, 2.05) is 0 Å². The molecule has 1 aromatic carbocycles. The molecule has 0 aliphatic heterocycles. The van der Waals surface area contributed by atoms with E-state index in [-0.39, 0.29) is 11.4 Å². The Labute approximate surface area is 108 Å². The third-order valence-electron chi connectivity index (χ3n) is 2.60. The first kappa shape index (κ1) is 12.7. The fourth-order valence-corrected chi connectivity index (χ4v) is 1.61. The molecule has 1 amide bonds. The van der Waals surface area contributed by atoms with Crippen molar-refractivity contribution in [3.63, 3.8) is 0 Å². The van der Waals surface area contributed by atoms with Crippen molar-refractivity contribution >= 4 is 17.3 Å².